The number of aliphatic hydroxyl groups is 2. The number of aliphatic hydroxyl groups excluding tert-OH is 2. The molecule has 36 heavy (non-hydrogen) atoms. The smallest absolute Gasteiger partial charge is 0.347 e. The molecule has 7 nitrogen and oxygen atoms in total. The molecule has 196 valence electrons. The van der Waals surface area contributed by atoms with Crippen molar-refractivity contribution in [2.24, 2.45) is 17.8 Å². The van der Waals surface area contributed by atoms with Gasteiger partial charge in [0.05, 0.1) is 18.6 Å². The normalized spacial score (nSPS) is 32.6. The lowest BCUT2D eigenvalue weighted by molar-refractivity contribution is -0.165. The summed E-state index contributed by atoms with van der Waals surface area (Å²) in [7, 11) is 0. The minimum Gasteiger partial charge on any atom is -0.478 e. The second-order valence-corrected chi connectivity index (χ2v) is 10.4. The number of rotatable bonds is 8. The van der Waals surface area contributed by atoms with Crippen molar-refractivity contribution in [3.05, 3.63) is 53.6 Å². The second-order valence-electron chi connectivity index (χ2n) is 10.4. The summed E-state index contributed by atoms with van der Waals surface area (Å²) in [6, 6.07) is 7.57. The highest BCUT2D eigenvalue weighted by Gasteiger charge is 2.43. The van der Waals surface area contributed by atoms with Crippen LogP contribution in [0.5, 0.6) is 5.75 Å². The topological polar surface area (TPSA) is 102 Å². The van der Waals surface area contributed by atoms with E-state index >= 15 is 0 Å². The molecule has 1 aromatic carbocycles. The molecule has 1 fully saturated rings. The molecule has 1 heterocycles. The summed E-state index contributed by atoms with van der Waals surface area (Å²) in [5.41, 5.74) is 1.92. The number of hydrogen-bond acceptors (Lipinski definition) is 7. The fourth-order valence-electron chi connectivity index (χ4n) is 5.77. The van der Waals surface area contributed by atoms with Crippen LogP contribution >= 0.6 is 0 Å². The third kappa shape index (κ3) is 6.19. The predicted octanol–water partition coefficient (Wildman–Crippen LogP) is 4.04. The Balaban J connectivity index is 1.48. The quantitative estimate of drug-likeness (QED) is 0.522. The lowest BCUT2D eigenvalue weighted by atomic mass is 9.66. The number of fused-ring (bicyclic) bond motifs is 1. The van der Waals surface area contributed by atoms with Gasteiger partial charge in [0.25, 0.3) is 0 Å². The molecule has 0 spiro atoms. The predicted molar refractivity (Wildman–Crippen MR) is 134 cm³/mol. The Morgan fingerprint density at radius 3 is 2.69 bits per heavy atom. The number of hydrogen-bond donors (Lipinski definition) is 2. The Morgan fingerprint density at radius 1 is 1.19 bits per heavy atom. The molecule has 1 aromatic rings. The van der Waals surface area contributed by atoms with Crippen LogP contribution in [0.4, 0.5) is 0 Å². The van der Waals surface area contributed by atoms with Gasteiger partial charge in [0, 0.05) is 18.8 Å². The molecule has 1 saturated heterocycles. The summed E-state index contributed by atoms with van der Waals surface area (Å²) in [4.78, 5) is 25.0. The zero-order valence-electron chi connectivity index (χ0n) is 21.3. The van der Waals surface area contributed by atoms with Gasteiger partial charge in [-0.15, -0.1) is 0 Å². The number of ether oxygens (including phenoxy) is 3. The van der Waals surface area contributed by atoms with E-state index in [0.29, 0.717) is 31.4 Å². The number of carbonyl (C=O) groups excluding carboxylic acids is 2. The Hall–Kier alpha value is -2.64. The first-order valence-corrected chi connectivity index (χ1v) is 13.1. The van der Waals surface area contributed by atoms with Crippen LogP contribution in [0.15, 0.2) is 48.1 Å². The third-order valence-electron chi connectivity index (χ3n) is 7.69. The van der Waals surface area contributed by atoms with E-state index in [1.807, 2.05) is 50.3 Å². The number of esters is 2. The van der Waals surface area contributed by atoms with E-state index in [-0.39, 0.29) is 36.2 Å². The molecular weight excluding hydrogens is 460 g/mol. The SMILES string of the molecule is CC[C@H](Oc1ccccc1C)C(=O)OC1CC(O)C=C2C=CC(C)C(CC[C@@H]3C[C@@H](O)CC(=O)O3)C21. The van der Waals surface area contributed by atoms with Gasteiger partial charge in [-0.25, -0.2) is 4.79 Å². The molecule has 0 aromatic heterocycles. The molecule has 5 unspecified atom stereocenters. The molecule has 8 atom stereocenters. The Morgan fingerprint density at radius 2 is 1.97 bits per heavy atom. The Kier molecular flexibility index (Phi) is 8.52. The highest BCUT2D eigenvalue weighted by atomic mass is 16.6. The van der Waals surface area contributed by atoms with Crippen molar-refractivity contribution in [2.75, 3.05) is 0 Å². The van der Waals surface area contributed by atoms with Crippen molar-refractivity contribution >= 4 is 11.9 Å². The Bertz CT molecular complexity index is 999. The number of allylic oxidation sites excluding steroid dienone is 2. The lowest BCUT2D eigenvalue weighted by Gasteiger charge is -2.43. The summed E-state index contributed by atoms with van der Waals surface area (Å²) in [6.07, 6.45) is 5.79. The molecule has 1 aliphatic heterocycles. The van der Waals surface area contributed by atoms with E-state index in [2.05, 4.69) is 13.0 Å². The van der Waals surface area contributed by atoms with Gasteiger partial charge in [-0.05, 0) is 55.2 Å². The van der Waals surface area contributed by atoms with Crippen LogP contribution in [0.3, 0.4) is 0 Å². The van der Waals surface area contributed by atoms with Crippen LogP contribution in [0.2, 0.25) is 0 Å². The van der Waals surface area contributed by atoms with E-state index in [9.17, 15) is 19.8 Å². The van der Waals surface area contributed by atoms with Crippen LogP contribution in [-0.4, -0.2) is 52.7 Å². The van der Waals surface area contributed by atoms with E-state index in [4.69, 9.17) is 14.2 Å². The van der Waals surface area contributed by atoms with Crippen LogP contribution in [0, 0.1) is 24.7 Å². The molecule has 4 rings (SSSR count). The summed E-state index contributed by atoms with van der Waals surface area (Å²) in [5, 5.41) is 20.5. The van der Waals surface area contributed by atoms with Gasteiger partial charge in [0.1, 0.15) is 18.0 Å². The maximum atomic E-state index is 13.3. The highest BCUT2D eigenvalue weighted by molar-refractivity contribution is 5.75. The number of benzene rings is 1. The van der Waals surface area contributed by atoms with E-state index in [1.165, 1.54) is 0 Å². The van der Waals surface area contributed by atoms with E-state index < -0.39 is 30.4 Å². The van der Waals surface area contributed by atoms with Crippen molar-refractivity contribution in [1.29, 1.82) is 0 Å². The maximum absolute atomic E-state index is 13.3. The molecule has 0 saturated carbocycles. The standard InChI is InChI=1S/C29H38O7/c1-4-24(35-25-8-6-5-7-18(25)3)29(33)36-26-15-20(30)13-19-10-9-17(2)23(28(19)26)12-11-22-14-21(31)16-27(32)34-22/h5-10,13,17,20-24,26,28,30-31H,4,11-12,14-16H2,1-3H3/t17?,20?,21-,22-,23?,24+,26?,28?/m1/s1. The van der Waals surface area contributed by atoms with Gasteiger partial charge in [-0.1, -0.05) is 50.3 Å². The van der Waals surface area contributed by atoms with Crippen molar-refractivity contribution in [2.45, 2.75) is 89.8 Å². The molecule has 0 radical (unpaired) electrons. The fraction of sp³-hybridized carbons (Fsp3) is 0.586. The van der Waals surface area contributed by atoms with Crippen molar-refractivity contribution < 1.29 is 34.0 Å². The molecule has 2 N–H and O–H groups in total. The second kappa shape index (κ2) is 11.6. The average Bonchev–Trinajstić information content (AvgIpc) is 2.82. The summed E-state index contributed by atoms with van der Waals surface area (Å²) >= 11 is 0. The number of aryl methyl sites for hydroxylation is 1. The summed E-state index contributed by atoms with van der Waals surface area (Å²) < 4.78 is 17.6. The minimum atomic E-state index is -0.740. The molecule has 3 aliphatic rings. The molecule has 7 heteroatoms. The molecule has 0 amide bonds. The first-order valence-electron chi connectivity index (χ1n) is 13.1. The first kappa shape index (κ1) is 26.4. The van der Waals surface area contributed by atoms with Crippen LogP contribution < -0.4 is 4.74 Å². The Labute approximate surface area is 213 Å². The average molecular weight is 499 g/mol. The number of carbonyl (C=O) groups is 2. The van der Waals surface area contributed by atoms with Crippen molar-refractivity contribution in [1.82, 2.24) is 0 Å². The molecule has 0 bridgehead atoms. The van der Waals surface area contributed by atoms with Gasteiger partial charge < -0.3 is 24.4 Å². The zero-order valence-corrected chi connectivity index (χ0v) is 21.3. The summed E-state index contributed by atoms with van der Waals surface area (Å²) in [6.45, 7) is 5.96. The minimum absolute atomic E-state index is 0.0493. The van der Waals surface area contributed by atoms with Crippen molar-refractivity contribution in [3.63, 3.8) is 0 Å². The van der Waals surface area contributed by atoms with Gasteiger partial charge in [-0.3, -0.25) is 4.79 Å². The number of cyclic esters (lactones) is 1. The molecular formula is C29H38O7. The van der Waals surface area contributed by atoms with Gasteiger partial charge >= 0.3 is 11.9 Å². The van der Waals surface area contributed by atoms with E-state index in [1.54, 1.807) is 0 Å². The largest absolute Gasteiger partial charge is 0.478 e. The third-order valence-corrected chi connectivity index (χ3v) is 7.69. The molecule has 2 aliphatic carbocycles. The number of para-hydroxylation sites is 1. The highest BCUT2D eigenvalue weighted by Crippen LogP contribution is 2.44. The summed E-state index contributed by atoms with van der Waals surface area (Å²) in [5.74, 6) is 0.159. The van der Waals surface area contributed by atoms with Gasteiger partial charge in [-0.2, -0.15) is 0 Å². The maximum Gasteiger partial charge on any atom is 0.347 e. The van der Waals surface area contributed by atoms with Crippen LogP contribution in [-0.2, 0) is 19.1 Å². The van der Waals surface area contributed by atoms with Gasteiger partial charge in [0.15, 0.2) is 6.10 Å². The fourth-order valence-corrected chi connectivity index (χ4v) is 5.77. The van der Waals surface area contributed by atoms with E-state index in [0.717, 1.165) is 17.6 Å². The van der Waals surface area contributed by atoms with Gasteiger partial charge in [0.2, 0.25) is 0 Å². The lowest BCUT2D eigenvalue weighted by Crippen LogP contribution is -2.44. The zero-order chi connectivity index (χ0) is 25.8. The van der Waals surface area contributed by atoms with Crippen LogP contribution in [0.1, 0.15) is 57.9 Å². The van der Waals surface area contributed by atoms with Crippen molar-refractivity contribution in [3.8, 4) is 5.75 Å². The first-order chi connectivity index (χ1) is 17.2. The van der Waals surface area contributed by atoms with Crippen LogP contribution in [0.25, 0.3) is 0 Å². The monoisotopic (exact) mass is 498 g/mol.